The molecule has 2 atom stereocenters. The predicted octanol–water partition coefficient (Wildman–Crippen LogP) is 17.9. The first-order chi connectivity index (χ1) is 31.5. The van der Waals surface area contributed by atoms with Crippen LogP contribution in [0.4, 0.5) is 0 Å². The fourth-order valence-corrected chi connectivity index (χ4v) is 9.41. The predicted molar refractivity (Wildman–Crippen MR) is 278 cm³/mol. The molecule has 0 rings (SSSR count). The van der Waals surface area contributed by atoms with E-state index in [-0.39, 0.29) is 18.5 Å². The van der Waals surface area contributed by atoms with Gasteiger partial charge < -0.3 is 20.3 Å². The monoisotopic (exact) mass is 906 g/mol. The summed E-state index contributed by atoms with van der Waals surface area (Å²) >= 11 is 0. The van der Waals surface area contributed by atoms with E-state index in [1.807, 2.05) is 0 Å². The maximum atomic E-state index is 12.4. The van der Waals surface area contributed by atoms with Crippen molar-refractivity contribution in [3.63, 3.8) is 0 Å². The molecule has 0 saturated carbocycles. The Bertz CT molecular complexity index is 913. The molecule has 64 heavy (non-hydrogen) atoms. The van der Waals surface area contributed by atoms with Gasteiger partial charge in [0.1, 0.15) is 0 Å². The second-order valence-electron chi connectivity index (χ2n) is 20.3. The molecule has 0 aliphatic heterocycles. The quantitative estimate of drug-likeness (QED) is 0.0417. The van der Waals surface area contributed by atoms with Crippen molar-refractivity contribution in [1.29, 1.82) is 0 Å². The van der Waals surface area contributed by atoms with Gasteiger partial charge in [0.25, 0.3) is 0 Å². The molecule has 2 unspecified atom stereocenters. The summed E-state index contributed by atoms with van der Waals surface area (Å²) in [7, 11) is 0. The van der Waals surface area contributed by atoms with Crippen LogP contribution >= 0.6 is 0 Å². The molecule has 382 valence electrons. The smallest absolute Gasteiger partial charge is 0.305 e. The summed E-state index contributed by atoms with van der Waals surface area (Å²) in [4.78, 5) is 24.5. The van der Waals surface area contributed by atoms with Crippen LogP contribution in [0.2, 0.25) is 0 Å². The number of nitrogens with one attached hydrogen (secondary N) is 1. The van der Waals surface area contributed by atoms with Crippen LogP contribution < -0.4 is 5.32 Å². The molecule has 1 amide bonds. The molecule has 0 aliphatic carbocycles. The summed E-state index contributed by atoms with van der Waals surface area (Å²) in [6.07, 6.45) is 62.5. The van der Waals surface area contributed by atoms with Gasteiger partial charge in [-0.25, -0.2) is 0 Å². The maximum Gasteiger partial charge on any atom is 0.305 e. The third-order valence-corrected chi connectivity index (χ3v) is 13.9. The molecule has 0 bridgehead atoms. The number of aliphatic hydroxyl groups excluding tert-OH is 2. The highest BCUT2D eigenvalue weighted by Gasteiger charge is 2.20. The minimum absolute atomic E-state index is 0.0156. The molecular formula is C58H115NO5. The van der Waals surface area contributed by atoms with Crippen molar-refractivity contribution in [3.05, 3.63) is 0 Å². The molecule has 0 heterocycles. The van der Waals surface area contributed by atoms with Crippen molar-refractivity contribution < 1.29 is 24.5 Å². The fraction of sp³-hybridized carbons (Fsp3) is 0.966. The number of ether oxygens (including phenoxy) is 1. The molecule has 0 saturated heterocycles. The molecule has 0 aliphatic rings. The largest absolute Gasteiger partial charge is 0.466 e. The number of amides is 1. The van der Waals surface area contributed by atoms with Gasteiger partial charge in [-0.3, -0.25) is 9.59 Å². The van der Waals surface area contributed by atoms with Crippen molar-refractivity contribution in [2.24, 2.45) is 0 Å². The Morgan fingerprint density at radius 2 is 0.641 bits per heavy atom. The first-order valence-electron chi connectivity index (χ1n) is 29.3. The average molecular weight is 907 g/mol. The van der Waals surface area contributed by atoms with Crippen LogP contribution in [0, 0.1) is 0 Å². The van der Waals surface area contributed by atoms with E-state index in [4.69, 9.17) is 4.74 Å². The minimum Gasteiger partial charge on any atom is -0.466 e. The lowest BCUT2D eigenvalue weighted by atomic mass is 10.0. The topological polar surface area (TPSA) is 95.9 Å². The lowest BCUT2D eigenvalue weighted by Crippen LogP contribution is -2.45. The number of carbonyl (C=O) groups is 2. The third kappa shape index (κ3) is 50.3. The third-order valence-electron chi connectivity index (χ3n) is 13.9. The lowest BCUT2D eigenvalue weighted by molar-refractivity contribution is -0.143. The summed E-state index contributed by atoms with van der Waals surface area (Å²) in [6, 6.07) is -0.539. The summed E-state index contributed by atoms with van der Waals surface area (Å²) in [5, 5.41) is 23.1. The number of unbranched alkanes of at least 4 members (excludes halogenated alkanes) is 44. The number of carbonyl (C=O) groups excluding carboxylic acids is 2. The van der Waals surface area contributed by atoms with E-state index in [0.717, 1.165) is 38.5 Å². The maximum absolute atomic E-state index is 12.4. The standard InChI is InChI=1S/C58H115NO5/c1-3-5-7-9-11-13-14-15-16-17-23-26-29-32-36-40-44-48-52-58(63)64-53-49-45-41-37-33-30-27-24-21-19-18-20-22-25-28-31-35-39-43-47-51-57(62)59-55(54-60)56(61)50-46-42-38-34-12-10-8-6-4-2/h55-56,60-61H,3-54H2,1-2H3,(H,59,62). The van der Waals surface area contributed by atoms with Gasteiger partial charge in [0.05, 0.1) is 25.4 Å². The van der Waals surface area contributed by atoms with Gasteiger partial charge in [0.2, 0.25) is 5.91 Å². The normalized spacial score (nSPS) is 12.5. The number of aliphatic hydroxyl groups is 2. The van der Waals surface area contributed by atoms with Crippen LogP contribution in [-0.4, -0.2) is 47.4 Å². The number of rotatable bonds is 55. The summed E-state index contributed by atoms with van der Waals surface area (Å²) in [5.74, 6) is -0.0219. The highest BCUT2D eigenvalue weighted by atomic mass is 16.5. The Morgan fingerprint density at radius 3 is 0.953 bits per heavy atom. The van der Waals surface area contributed by atoms with E-state index < -0.39 is 12.1 Å². The van der Waals surface area contributed by atoms with Gasteiger partial charge in [-0.05, 0) is 25.7 Å². The Balaban J connectivity index is 3.32. The highest BCUT2D eigenvalue weighted by molar-refractivity contribution is 5.76. The van der Waals surface area contributed by atoms with E-state index in [1.54, 1.807) is 0 Å². The Kier molecular flexibility index (Phi) is 53.5. The van der Waals surface area contributed by atoms with Gasteiger partial charge in [0, 0.05) is 12.8 Å². The zero-order chi connectivity index (χ0) is 46.5. The molecule has 3 N–H and O–H groups in total. The van der Waals surface area contributed by atoms with Crippen LogP contribution in [0.1, 0.15) is 335 Å². The van der Waals surface area contributed by atoms with Gasteiger partial charge >= 0.3 is 5.97 Å². The molecule has 0 aromatic carbocycles. The second kappa shape index (κ2) is 54.5. The van der Waals surface area contributed by atoms with E-state index in [0.29, 0.717) is 25.9 Å². The van der Waals surface area contributed by atoms with E-state index in [1.165, 1.54) is 263 Å². The number of hydrogen-bond acceptors (Lipinski definition) is 5. The van der Waals surface area contributed by atoms with Crippen LogP contribution in [0.25, 0.3) is 0 Å². The second-order valence-corrected chi connectivity index (χ2v) is 20.3. The number of esters is 1. The molecule has 0 spiro atoms. The van der Waals surface area contributed by atoms with Crippen molar-refractivity contribution in [3.8, 4) is 0 Å². The molecule has 0 aromatic heterocycles. The summed E-state index contributed by atoms with van der Waals surface area (Å²) in [6.45, 7) is 4.95. The van der Waals surface area contributed by atoms with Crippen LogP contribution in [0.5, 0.6) is 0 Å². The van der Waals surface area contributed by atoms with E-state index in [2.05, 4.69) is 19.2 Å². The molecule has 0 radical (unpaired) electrons. The first-order valence-corrected chi connectivity index (χ1v) is 29.3. The van der Waals surface area contributed by atoms with Gasteiger partial charge in [-0.2, -0.15) is 0 Å². The van der Waals surface area contributed by atoms with Crippen LogP contribution in [0.15, 0.2) is 0 Å². The van der Waals surface area contributed by atoms with E-state index >= 15 is 0 Å². The zero-order valence-electron chi connectivity index (χ0n) is 43.5. The Hall–Kier alpha value is -1.14. The summed E-state index contributed by atoms with van der Waals surface area (Å²) in [5.41, 5.74) is 0. The highest BCUT2D eigenvalue weighted by Crippen LogP contribution is 2.18. The Morgan fingerprint density at radius 1 is 0.375 bits per heavy atom. The zero-order valence-corrected chi connectivity index (χ0v) is 43.5. The number of hydrogen-bond donors (Lipinski definition) is 3. The first kappa shape index (κ1) is 62.9. The van der Waals surface area contributed by atoms with Crippen molar-refractivity contribution in [1.82, 2.24) is 5.32 Å². The van der Waals surface area contributed by atoms with Crippen molar-refractivity contribution in [2.45, 2.75) is 347 Å². The average Bonchev–Trinajstić information content (AvgIpc) is 3.29. The molecule has 0 aromatic rings. The SMILES string of the molecule is CCCCCCCCCCCCCCCCCCCCC(=O)OCCCCCCCCCCCCCCCCCCCCCCC(=O)NC(CO)C(O)CCCCCCCCCCC. The van der Waals surface area contributed by atoms with Gasteiger partial charge in [-0.1, -0.05) is 296 Å². The van der Waals surface area contributed by atoms with Gasteiger partial charge in [-0.15, -0.1) is 0 Å². The van der Waals surface area contributed by atoms with Crippen molar-refractivity contribution >= 4 is 11.9 Å². The molecule has 0 fully saturated rings. The molecular weight excluding hydrogens is 791 g/mol. The van der Waals surface area contributed by atoms with Crippen molar-refractivity contribution in [2.75, 3.05) is 13.2 Å². The van der Waals surface area contributed by atoms with E-state index in [9.17, 15) is 19.8 Å². The molecule has 6 heteroatoms. The van der Waals surface area contributed by atoms with Crippen LogP contribution in [0.3, 0.4) is 0 Å². The minimum atomic E-state index is -0.662. The lowest BCUT2D eigenvalue weighted by Gasteiger charge is -2.22. The summed E-state index contributed by atoms with van der Waals surface area (Å²) < 4.78 is 5.50. The van der Waals surface area contributed by atoms with Gasteiger partial charge in [0.15, 0.2) is 0 Å². The fourth-order valence-electron chi connectivity index (χ4n) is 9.41. The Labute approximate surface area is 400 Å². The molecule has 6 nitrogen and oxygen atoms in total. The van der Waals surface area contributed by atoms with Crippen LogP contribution in [-0.2, 0) is 14.3 Å².